The van der Waals surface area contributed by atoms with Crippen LogP contribution in [0.3, 0.4) is 0 Å². The fourth-order valence-electron chi connectivity index (χ4n) is 2.82. The lowest BCUT2D eigenvalue weighted by Gasteiger charge is -2.33. The highest BCUT2D eigenvalue weighted by molar-refractivity contribution is 6.30. The summed E-state index contributed by atoms with van der Waals surface area (Å²) in [4.78, 5) is 25.9. The molecule has 0 spiro atoms. The van der Waals surface area contributed by atoms with Gasteiger partial charge in [0.25, 0.3) is 5.91 Å². The number of benzene rings is 1. The molecular weight excluding hydrogens is 338 g/mol. The van der Waals surface area contributed by atoms with Gasteiger partial charge in [0.2, 0.25) is 0 Å². The van der Waals surface area contributed by atoms with Crippen molar-refractivity contribution >= 4 is 29.0 Å². The van der Waals surface area contributed by atoms with Gasteiger partial charge >= 0.3 is 0 Å². The summed E-state index contributed by atoms with van der Waals surface area (Å²) in [6, 6.07) is 7.13. The minimum atomic E-state index is -0.244. The minimum Gasteiger partial charge on any atom is -0.354 e. The van der Waals surface area contributed by atoms with Gasteiger partial charge in [-0.2, -0.15) is 0 Å². The fraction of sp³-hybridized carbons (Fsp3) is 0.389. The molecule has 1 amide bonds. The van der Waals surface area contributed by atoms with Gasteiger partial charge in [0.15, 0.2) is 0 Å². The molecule has 1 fully saturated rings. The number of hydrogen-bond acceptors (Lipinski definition) is 5. The Morgan fingerprint density at radius 2 is 1.84 bits per heavy atom. The third kappa shape index (κ3) is 4.27. The number of nitrogens with one attached hydrogen (secondary N) is 1. The first-order valence-corrected chi connectivity index (χ1v) is 8.67. The maximum absolute atomic E-state index is 12.6. The van der Waals surface area contributed by atoms with Crippen molar-refractivity contribution in [3.8, 4) is 0 Å². The Labute approximate surface area is 152 Å². The zero-order chi connectivity index (χ0) is 18.0. The lowest BCUT2D eigenvalue weighted by molar-refractivity contribution is 0.102. The van der Waals surface area contributed by atoms with E-state index in [4.69, 9.17) is 11.6 Å². The van der Waals surface area contributed by atoms with Crippen molar-refractivity contribution in [2.75, 3.05) is 43.4 Å². The summed E-state index contributed by atoms with van der Waals surface area (Å²) in [5.74, 6) is 1.15. The zero-order valence-corrected chi connectivity index (χ0v) is 15.5. The highest BCUT2D eigenvalue weighted by Gasteiger charge is 2.18. The molecule has 2 heterocycles. The van der Waals surface area contributed by atoms with E-state index in [9.17, 15) is 4.79 Å². The number of carbonyl (C=O) groups is 1. The van der Waals surface area contributed by atoms with Crippen LogP contribution in [0, 0.1) is 13.8 Å². The van der Waals surface area contributed by atoms with Crippen LogP contribution >= 0.6 is 11.6 Å². The summed E-state index contributed by atoms with van der Waals surface area (Å²) >= 11 is 5.97. The number of carbonyl (C=O) groups excluding carboxylic acids is 1. The molecule has 0 atom stereocenters. The molecular formula is C18H22ClN5O. The third-order valence-electron chi connectivity index (χ3n) is 4.32. The summed E-state index contributed by atoms with van der Waals surface area (Å²) < 4.78 is 0. The van der Waals surface area contributed by atoms with Crippen molar-refractivity contribution in [1.29, 1.82) is 0 Å². The van der Waals surface area contributed by atoms with E-state index in [1.54, 1.807) is 18.2 Å². The zero-order valence-electron chi connectivity index (χ0n) is 14.7. The van der Waals surface area contributed by atoms with Crippen LogP contribution in [0.25, 0.3) is 0 Å². The van der Waals surface area contributed by atoms with Crippen LogP contribution in [0.1, 0.15) is 21.9 Å². The minimum absolute atomic E-state index is 0.244. The first kappa shape index (κ1) is 17.6. The van der Waals surface area contributed by atoms with Crippen molar-refractivity contribution in [3.05, 3.63) is 46.4 Å². The second-order valence-electron chi connectivity index (χ2n) is 6.36. The Hall–Kier alpha value is -2.18. The van der Waals surface area contributed by atoms with Crippen molar-refractivity contribution < 1.29 is 4.79 Å². The molecule has 3 rings (SSSR count). The van der Waals surface area contributed by atoms with Gasteiger partial charge < -0.3 is 15.1 Å². The molecule has 0 bridgehead atoms. The van der Waals surface area contributed by atoms with Crippen LogP contribution in [0.2, 0.25) is 5.02 Å². The molecule has 0 saturated carbocycles. The van der Waals surface area contributed by atoms with Gasteiger partial charge in [-0.05, 0) is 44.7 Å². The van der Waals surface area contributed by atoms with E-state index < -0.39 is 0 Å². The smallest absolute Gasteiger partial charge is 0.274 e. The SMILES string of the molecule is Cc1nc(C(=O)Nc2ccc(Cl)cc2C)cc(N2CCN(C)CC2)n1. The van der Waals surface area contributed by atoms with E-state index in [0.29, 0.717) is 16.5 Å². The van der Waals surface area contributed by atoms with Gasteiger partial charge in [0.1, 0.15) is 17.3 Å². The molecule has 1 N–H and O–H groups in total. The Morgan fingerprint density at radius 3 is 2.52 bits per heavy atom. The van der Waals surface area contributed by atoms with Crippen LogP contribution in [-0.4, -0.2) is 54.0 Å². The molecule has 1 aliphatic heterocycles. The Balaban J connectivity index is 1.80. The Kier molecular flexibility index (Phi) is 5.20. The summed E-state index contributed by atoms with van der Waals surface area (Å²) in [6.45, 7) is 7.46. The number of anilines is 2. The van der Waals surface area contributed by atoms with Gasteiger partial charge in [0.05, 0.1) is 0 Å². The first-order valence-electron chi connectivity index (χ1n) is 8.29. The van der Waals surface area contributed by atoms with E-state index in [1.165, 1.54) is 0 Å². The average molecular weight is 360 g/mol. The van der Waals surface area contributed by atoms with Gasteiger partial charge in [-0.1, -0.05) is 11.6 Å². The summed E-state index contributed by atoms with van der Waals surface area (Å²) in [5.41, 5.74) is 2.01. The molecule has 1 aromatic carbocycles. The molecule has 1 aliphatic rings. The number of rotatable bonds is 3. The van der Waals surface area contributed by atoms with E-state index in [0.717, 1.165) is 43.2 Å². The number of amides is 1. The predicted octanol–water partition coefficient (Wildman–Crippen LogP) is 2.75. The van der Waals surface area contributed by atoms with E-state index in [1.807, 2.05) is 19.9 Å². The van der Waals surface area contributed by atoms with Gasteiger partial charge in [-0.15, -0.1) is 0 Å². The molecule has 1 saturated heterocycles. The van der Waals surface area contributed by atoms with Gasteiger partial charge in [-0.25, -0.2) is 9.97 Å². The van der Waals surface area contributed by atoms with E-state index in [2.05, 4.69) is 32.1 Å². The Morgan fingerprint density at radius 1 is 1.12 bits per heavy atom. The standard InChI is InChI=1S/C18H22ClN5O/c1-12-10-14(19)4-5-15(12)22-18(25)16-11-17(21-13(2)20-16)24-8-6-23(3)7-9-24/h4-5,10-11H,6-9H2,1-3H3,(H,22,25). The second-order valence-corrected chi connectivity index (χ2v) is 6.80. The van der Waals surface area contributed by atoms with Crippen LogP contribution in [-0.2, 0) is 0 Å². The van der Waals surface area contributed by atoms with Crippen molar-refractivity contribution in [1.82, 2.24) is 14.9 Å². The maximum Gasteiger partial charge on any atom is 0.274 e. The normalized spacial score (nSPS) is 15.3. The highest BCUT2D eigenvalue weighted by Crippen LogP contribution is 2.21. The quantitative estimate of drug-likeness (QED) is 0.913. The molecule has 132 valence electrons. The molecule has 7 heteroatoms. The largest absolute Gasteiger partial charge is 0.354 e. The van der Waals surface area contributed by atoms with Crippen molar-refractivity contribution in [2.45, 2.75) is 13.8 Å². The average Bonchev–Trinajstić information content (AvgIpc) is 2.57. The molecule has 0 radical (unpaired) electrons. The number of nitrogens with zero attached hydrogens (tertiary/aromatic N) is 4. The highest BCUT2D eigenvalue weighted by atomic mass is 35.5. The van der Waals surface area contributed by atoms with E-state index in [-0.39, 0.29) is 5.91 Å². The summed E-state index contributed by atoms with van der Waals surface area (Å²) in [6.07, 6.45) is 0. The molecule has 6 nitrogen and oxygen atoms in total. The van der Waals surface area contributed by atoms with Crippen molar-refractivity contribution in [3.63, 3.8) is 0 Å². The lowest BCUT2D eigenvalue weighted by Crippen LogP contribution is -2.45. The number of aromatic nitrogens is 2. The molecule has 0 aliphatic carbocycles. The number of hydrogen-bond donors (Lipinski definition) is 1. The maximum atomic E-state index is 12.6. The number of aryl methyl sites for hydroxylation is 2. The molecule has 25 heavy (non-hydrogen) atoms. The summed E-state index contributed by atoms with van der Waals surface area (Å²) in [7, 11) is 2.11. The monoisotopic (exact) mass is 359 g/mol. The molecule has 1 aromatic heterocycles. The first-order chi connectivity index (χ1) is 11.9. The van der Waals surface area contributed by atoms with Gasteiger partial charge in [0, 0.05) is 43.0 Å². The Bertz CT molecular complexity index is 787. The number of halogens is 1. The van der Waals surface area contributed by atoms with Crippen LogP contribution in [0.5, 0.6) is 0 Å². The van der Waals surface area contributed by atoms with Crippen LogP contribution < -0.4 is 10.2 Å². The number of likely N-dealkylation sites (N-methyl/N-ethyl adjacent to an activating group) is 1. The number of piperazine rings is 1. The second kappa shape index (κ2) is 7.37. The van der Waals surface area contributed by atoms with Gasteiger partial charge in [-0.3, -0.25) is 4.79 Å². The predicted molar refractivity (Wildman–Crippen MR) is 101 cm³/mol. The molecule has 0 unspecified atom stereocenters. The fourth-order valence-corrected chi connectivity index (χ4v) is 3.05. The van der Waals surface area contributed by atoms with E-state index >= 15 is 0 Å². The third-order valence-corrected chi connectivity index (χ3v) is 4.56. The lowest BCUT2D eigenvalue weighted by atomic mass is 10.2. The topological polar surface area (TPSA) is 61.4 Å². The summed E-state index contributed by atoms with van der Waals surface area (Å²) in [5, 5.41) is 3.55. The van der Waals surface area contributed by atoms with Crippen molar-refractivity contribution in [2.24, 2.45) is 0 Å². The molecule has 2 aromatic rings. The van der Waals surface area contributed by atoms with Crippen LogP contribution in [0.15, 0.2) is 24.3 Å². The van der Waals surface area contributed by atoms with Crippen LogP contribution in [0.4, 0.5) is 11.5 Å².